The average Bonchev–Trinajstić information content (AvgIpc) is 2.58. The number of nitrogens with one attached hydrogen (secondary N) is 2. The van der Waals surface area contributed by atoms with Gasteiger partial charge in [-0.05, 0) is 61.4 Å². The van der Waals surface area contributed by atoms with Gasteiger partial charge in [-0.15, -0.1) is 0 Å². The molecule has 0 saturated carbocycles. The van der Waals surface area contributed by atoms with E-state index < -0.39 is 0 Å². The highest BCUT2D eigenvalue weighted by Crippen LogP contribution is 2.19. The number of aryl methyl sites for hydroxylation is 2. The monoisotopic (exact) mass is 396 g/mol. The van der Waals surface area contributed by atoms with Crippen LogP contribution < -0.4 is 10.6 Å². The molecule has 0 bridgehead atoms. The number of hydrogen-bond acceptors (Lipinski definition) is 4. The molecule has 0 fully saturated rings. The van der Waals surface area contributed by atoms with Gasteiger partial charge in [-0.2, -0.15) is 0 Å². The molecule has 2 aromatic carbocycles. The highest BCUT2D eigenvalue weighted by molar-refractivity contribution is 9.10. The molecule has 0 saturated heterocycles. The molecule has 0 radical (unpaired) electrons. The minimum Gasteiger partial charge on any atom is -0.324 e. The third-order valence-electron chi connectivity index (χ3n) is 3.73. The fraction of sp³-hybridized carbons (Fsp3) is 0.105. The molecule has 3 aromatic rings. The van der Waals surface area contributed by atoms with Gasteiger partial charge in [0, 0.05) is 22.0 Å². The van der Waals surface area contributed by atoms with E-state index in [1.54, 1.807) is 12.3 Å². The molecule has 6 heteroatoms. The fourth-order valence-corrected chi connectivity index (χ4v) is 2.65. The quantitative estimate of drug-likeness (QED) is 0.661. The van der Waals surface area contributed by atoms with Crippen LogP contribution in [0.1, 0.15) is 21.6 Å². The van der Waals surface area contributed by atoms with E-state index in [4.69, 9.17) is 0 Å². The van der Waals surface area contributed by atoms with Crippen molar-refractivity contribution in [3.8, 4) is 0 Å². The maximum Gasteiger partial charge on any atom is 0.274 e. The van der Waals surface area contributed by atoms with Gasteiger partial charge >= 0.3 is 0 Å². The summed E-state index contributed by atoms with van der Waals surface area (Å²) in [5.41, 5.74) is 4.18. The smallest absolute Gasteiger partial charge is 0.274 e. The van der Waals surface area contributed by atoms with Crippen LogP contribution in [0.25, 0.3) is 0 Å². The van der Waals surface area contributed by atoms with Crippen LogP contribution in [-0.2, 0) is 0 Å². The Kier molecular flexibility index (Phi) is 5.09. The number of hydrogen-bond donors (Lipinski definition) is 2. The summed E-state index contributed by atoms with van der Waals surface area (Å²) in [7, 11) is 0. The summed E-state index contributed by atoms with van der Waals surface area (Å²) in [5.74, 6) is 0.0915. The van der Waals surface area contributed by atoms with Crippen LogP contribution in [0.3, 0.4) is 0 Å². The molecule has 126 valence electrons. The number of anilines is 3. The van der Waals surface area contributed by atoms with Crippen molar-refractivity contribution in [3.63, 3.8) is 0 Å². The molecule has 0 unspecified atom stereocenters. The molecular formula is C19H17BrN4O. The predicted octanol–water partition coefficient (Wildman–Crippen LogP) is 4.85. The number of benzene rings is 2. The molecule has 25 heavy (non-hydrogen) atoms. The lowest BCUT2D eigenvalue weighted by Gasteiger charge is -2.09. The first-order valence-corrected chi connectivity index (χ1v) is 8.55. The molecular weight excluding hydrogens is 380 g/mol. The summed E-state index contributed by atoms with van der Waals surface area (Å²) in [6.45, 7) is 4.04. The van der Waals surface area contributed by atoms with E-state index in [1.165, 1.54) is 5.56 Å². The first-order valence-electron chi connectivity index (χ1n) is 7.75. The second-order valence-electron chi connectivity index (χ2n) is 5.65. The zero-order valence-electron chi connectivity index (χ0n) is 13.9. The van der Waals surface area contributed by atoms with Crippen molar-refractivity contribution in [1.29, 1.82) is 0 Å². The van der Waals surface area contributed by atoms with Gasteiger partial charge in [0.1, 0.15) is 5.69 Å². The Labute approximate surface area is 154 Å². The summed E-state index contributed by atoms with van der Waals surface area (Å²) in [6.07, 6.45) is 1.56. The normalized spacial score (nSPS) is 10.4. The molecule has 1 aromatic heterocycles. The second-order valence-corrected chi connectivity index (χ2v) is 6.57. The summed E-state index contributed by atoms with van der Waals surface area (Å²) in [6, 6.07) is 15.0. The largest absolute Gasteiger partial charge is 0.324 e. The predicted molar refractivity (Wildman–Crippen MR) is 103 cm³/mol. The molecule has 0 aliphatic heterocycles. The number of carbonyl (C=O) groups excluding carboxylic acids is 1. The second kappa shape index (κ2) is 7.44. The molecule has 2 N–H and O–H groups in total. The van der Waals surface area contributed by atoms with Crippen molar-refractivity contribution in [2.24, 2.45) is 0 Å². The van der Waals surface area contributed by atoms with Crippen LogP contribution in [-0.4, -0.2) is 15.9 Å². The molecule has 3 rings (SSSR count). The Hall–Kier alpha value is -2.73. The van der Waals surface area contributed by atoms with Crippen LogP contribution in [0.2, 0.25) is 0 Å². The lowest BCUT2D eigenvalue weighted by atomic mass is 10.1. The fourth-order valence-electron chi connectivity index (χ4n) is 2.26. The maximum atomic E-state index is 12.4. The van der Waals surface area contributed by atoms with Gasteiger partial charge in [-0.1, -0.05) is 28.1 Å². The Morgan fingerprint density at radius 3 is 2.60 bits per heavy atom. The minimum atomic E-state index is -0.275. The first kappa shape index (κ1) is 17.1. The zero-order chi connectivity index (χ0) is 17.8. The van der Waals surface area contributed by atoms with Gasteiger partial charge < -0.3 is 10.6 Å². The summed E-state index contributed by atoms with van der Waals surface area (Å²) in [5, 5.41) is 5.95. The van der Waals surface area contributed by atoms with Crippen molar-refractivity contribution < 1.29 is 4.79 Å². The number of carbonyl (C=O) groups is 1. The standard InChI is InChI=1S/C19H17BrN4O/c1-12-6-7-16(10-13(12)2)22-18(25)17-8-9-21-19(24-17)23-15-5-3-4-14(20)11-15/h3-11H,1-2H3,(H,22,25)(H,21,23,24). The topological polar surface area (TPSA) is 66.9 Å². The molecule has 1 amide bonds. The SMILES string of the molecule is Cc1ccc(NC(=O)c2ccnc(Nc3cccc(Br)c3)n2)cc1C. The van der Waals surface area contributed by atoms with Gasteiger partial charge in [-0.3, -0.25) is 4.79 Å². The number of halogens is 1. The Morgan fingerprint density at radius 2 is 1.84 bits per heavy atom. The van der Waals surface area contributed by atoms with E-state index in [2.05, 4.69) is 36.5 Å². The van der Waals surface area contributed by atoms with Crippen molar-refractivity contribution >= 4 is 39.2 Å². The van der Waals surface area contributed by atoms with E-state index >= 15 is 0 Å². The molecule has 0 aliphatic carbocycles. The van der Waals surface area contributed by atoms with Crippen molar-refractivity contribution in [3.05, 3.63) is 76.0 Å². The van der Waals surface area contributed by atoms with Gasteiger partial charge in [0.15, 0.2) is 0 Å². The Balaban J connectivity index is 1.76. The van der Waals surface area contributed by atoms with Crippen LogP contribution >= 0.6 is 15.9 Å². The first-order chi connectivity index (χ1) is 12.0. The lowest BCUT2D eigenvalue weighted by Crippen LogP contribution is -2.15. The van der Waals surface area contributed by atoms with Gasteiger partial charge in [0.05, 0.1) is 0 Å². The summed E-state index contributed by atoms with van der Waals surface area (Å²) in [4.78, 5) is 20.9. The molecule has 1 heterocycles. The van der Waals surface area contributed by atoms with Crippen molar-refractivity contribution in [2.75, 3.05) is 10.6 Å². The van der Waals surface area contributed by atoms with Crippen LogP contribution in [0.4, 0.5) is 17.3 Å². The Morgan fingerprint density at radius 1 is 1.00 bits per heavy atom. The molecule has 5 nitrogen and oxygen atoms in total. The van der Waals surface area contributed by atoms with Gasteiger partial charge in [0.2, 0.25) is 5.95 Å². The number of aromatic nitrogens is 2. The van der Waals surface area contributed by atoms with Crippen molar-refractivity contribution in [1.82, 2.24) is 9.97 Å². The van der Waals surface area contributed by atoms with Gasteiger partial charge in [-0.25, -0.2) is 9.97 Å². The van der Waals surface area contributed by atoms with Crippen LogP contribution in [0, 0.1) is 13.8 Å². The third kappa shape index (κ3) is 4.42. The lowest BCUT2D eigenvalue weighted by molar-refractivity contribution is 0.102. The van der Waals surface area contributed by atoms with Crippen LogP contribution in [0.5, 0.6) is 0 Å². The zero-order valence-corrected chi connectivity index (χ0v) is 15.5. The number of amides is 1. The van der Waals surface area contributed by atoms with Crippen molar-refractivity contribution in [2.45, 2.75) is 13.8 Å². The third-order valence-corrected chi connectivity index (χ3v) is 4.23. The van der Waals surface area contributed by atoms with Gasteiger partial charge in [0.25, 0.3) is 5.91 Å². The molecule has 0 aliphatic rings. The molecule has 0 spiro atoms. The number of nitrogens with zero attached hydrogens (tertiary/aromatic N) is 2. The summed E-state index contributed by atoms with van der Waals surface area (Å²) >= 11 is 3.42. The minimum absolute atomic E-state index is 0.275. The highest BCUT2D eigenvalue weighted by Gasteiger charge is 2.10. The van der Waals surface area contributed by atoms with E-state index in [0.29, 0.717) is 11.6 Å². The average molecular weight is 397 g/mol. The van der Waals surface area contributed by atoms with E-state index in [9.17, 15) is 4.79 Å². The highest BCUT2D eigenvalue weighted by atomic mass is 79.9. The molecule has 0 atom stereocenters. The van der Waals surface area contributed by atoms with E-state index in [0.717, 1.165) is 21.4 Å². The maximum absolute atomic E-state index is 12.4. The number of rotatable bonds is 4. The van der Waals surface area contributed by atoms with E-state index in [-0.39, 0.29) is 5.91 Å². The summed E-state index contributed by atoms with van der Waals surface area (Å²) < 4.78 is 0.945. The van der Waals surface area contributed by atoms with Crippen LogP contribution in [0.15, 0.2) is 59.2 Å². The van der Waals surface area contributed by atoms with E-state index in [1.807, 2.05) is 56.3 Å². The Bertz CT molecular complexity index is 927.